The van der Waals surface area contributed by atoms with Gasteiger partial charge in [-0.15, -0.1) is 0 Å². The monoisotopic (exact) mass is 824 g/mol. The molecule has 0 atom stereocenters. The minimum Gasteiger partial charge on any atom is -0.461 e. The first-order chi connectivity index (χ1) is 31.5. The average Bonchev–Trinajstić information content (AvgIpc) is 3.87. The van der Waals surface area contributed by atoms with Crippen LogP contribution in [0.4, 0.5) is 11.4 Å². The molecule has 5 nitrogen and oxygen atoms in total. The molecule has 0 aliphatic rings. The molecule has 3 aromatic heterocycles. The number of anilines is 2. The van der Waals surface area contributed by atoms with Crippen molar-refractivity contribution < 1.29 is 4.42 Å². The lowest BCUT2D eigenvalue weighted by Gasteiger charge is -2.24. The number of rotatable bonds is 9. The number of furan rings is 1. The normalized spacial score (nSPS) is 11.8. The van der Waals surface area contributed by atoms with E-state index in [0.717, 1.165) is 101 Å². The molecule has 0 fully saturated rings. The Bertz CT molecular complexity index is 3450. The van der Waals surface area contributed by atoms with E-state index in [1.165, 1.54) is 10.8 Å². The molecule has 0 amide bonds. The van der Waals surface area contributed by atoms with Gasteiger partial charge >= 0.3 is 0 Å². The van der Waals surface area contributed by atoms with Gasteiger partial charge in [0, 0.05) is 57.0 Å². The predicted molar refractivity (Wildman–Crippen MR) is 268 cm³/mol. The maximum absolute atomic E-state index is 6.71. The molecule has 5 heteroatoms. The van der Waals surface area contributed by atoms with Crippen LogP contribution in [-0.2, 0) is 0 Å². The Labute approximate surface area is 372 Å². The fourth-order valence-corrected chi connectivity index (χ4v) is 9.06. The average molecular weight is 825 g/mol. The first-order valence-corrected chi connectivity index (χ1v) is 21.6. The van der Waals surface area contributed by atoms with Crippen LogP contribution in [0.25, 0.3) is 95.0 Å². The molecule has 0 saturated heterocycles. The summed E-state index contributed by atoms with van der Waals surface area (Å²) >= 11 is 0. The van der Waals surface area contributed by atoms with E-state index in [4.69, 9.17) is 15.1 Å². The second kappa shape index (κ2) is 16.1. The Morgan fingerprint density at radius 3 is 1.89 bits per heavy atom. The van der Waals surface area contributed by atoms with Gasteiger partial charge in [-0.25, -0.2) is 4.98 Å². The van der Waals surface area contributed by atoms with Crippen LogP contribution in [0, 0.1) is 6.92 Å². The van der Waals surface area contributed by atoms with Crippen LogP contribution in [-0.4, -0.2) is 16.6 Å². The van der Waals surface area contributed by atoms with Crippen molar-refractivity contribution in [1.82, 2.24) is 9.55 Å². The molecule has 0 radical (unpaired) electrons. The smallest absolute Gasteiger partial charge is 0.138 e. The molecule has 0 unspecified atom stereocenters. The molecule has 0 aliphatic heterocycles. The fraction of sp³-hybridized carbons (Fsp3) is 0.0339. The summed E-state index contributed by atoms with van der Waals surface area (Å²) in [6.07, 6.45) is 2.02. The highest BCUT2D eigenvalue weighted by molar-refractivity contribution is 6.10. The van der Waals surface area contributed by atoms with E-state index in [0.29, 0.717) is 5.70 Å². The predicted octanol–water partition coefficient (Wildman–Crippen LogP) is 15.1. The van der Waals surface area contributed by atoms with Gasteiger partial charge in [-0.3, -0.25) is 4.57 Å². The number of nitrogens with two attached hydrogens (primary N) is 1. The summed E-state index contributed by atoms with van der Waals surface area (Å²) in [4.78, 5) is 7.59. The highest BCUT2D eigenvalue weighted by Gasteiger charge is 2.19. The van der Waals surface area contributed by atoms with Crippen molar-refractivity contribution in [2.24, 2.45) is 5.73 Å². The molecule has 3 heterocycles. The van der Waals surface area contributed by atoms with Crippen molar-refractivity contribution in [2.45, 2.75) is 6.92 Å². The molecule has 11 rings (SSSR count). The van der Waals surface area contributed by atoms with Crippen LogP contribution < -0.4 is 10.6 Å². The summed E-state index contributed by atoms with van der Waals surface area (Å²) in [6, 6.07) is 74.9. The maximum atomic E-state index is 6.71. The molecule has 2 N–H and O–H groups in total. The van der Waals surface area contributed by atoms with Crippen molar-refractivity contribution in [3.05, 3.63) is 229 Å². The van der Waals surface area contributed by atoms with Crippen LogP contribution >= 0.6 is 0 Å². The van der Waals surface area contributed by atoms with E-state index < -0.39 is 0 Å². The van der Waals surface area contributed by atoms with Crippen LogP contribution in [0.15, 0.2) is 217 Å². The molecular weight excluding hydrogens is 781 g/mol. The van der Waals surface area contributed by atoms with Gasteiger partial charge in [-0.1, -0.05) is 152 Å². The topological polar surface area (TPSA) is 60.2 Å². The molecular formula is C59H44N4O. The zero-order valence-corrected chi connectivity index (χ0v) is 35.6. The van der Waals surface area contributed by atoms with Gasteiger partial charge in [0.15, 0.2) is 0 Å². The first kappa shape index (κ1) is 38.5. The van der Waals surface area contributed by atoms with Crippen LogP contribution in [0.2, 0.25) is 0 Å². The van der Waals surface area contributed by atoms with Crippen LogP contribution in [0.1, 0.15) is 16.9 Å². The number of pyridine rings is 1. The zero-order chi connectivity index (χ0) is 43.1. The van der Waals surface area contributed by atoms with Crippen molar-refractivity contribution in [2.75, 3.05) is 11.9 Å². The fourth-order valence-electron chi connectivity index (χ4n) is 9.06. The molecule has 0 saturated carbocycles. The molecule has 0 spiro atoms. The molecule has 306 valence electrons. The van der Waals surface area contributed by atoms with E-state index in [2.05, 4.69) is 205 Å². The third-order valence-corrected chi connectivity index (χ3v) is 12.4. The van der Waals surface area contributed by atoms with E-state index in [1.807, 2.05) is 37.3 Å². The number of aromatic nitrogens is 2. The highest BCUT2D eigenvalue weighted by Crippen LogP contribution is 2.41. The highest BCUT2D eigenvalue weighted by atomic mass is 16.3. The van der Waals surface area contributed by atoms with E-state index in [9.17, 15) is 0 Å². The lowest BCUT2D eigenvalue weighted by molar-refractivity contribution is 0.577. The van der Waals surface area contributed by atoms with E-state index in [1.54, 1.807) is 0 Å². The number of hydrogen-bond donors (Lipinski definition) is 1. The van der Waals surface area contributed by atoms with Gasteiger partial charge < -0.3 is 15.1 Å². The van der Waals surface area contributed by atoms with Crippen molar-refractivity contribution in [3.8, 4) is 50.5 Å². The Hall–Kier alpha value is -8.41. The summed E-state index contributed by atoms with van der Waals surface area (Å²) in [6.45, 7) is 1.98. The van der Waals surface area contributed by atoms with E-state index in [-0.39, 0.29) is 0 Å². The number of hydrogen-bond acceptors (Lipinski definition) is 4. The van der Waals surface area contributed by atoms with Gasteiger partial charge in [0.2, 0.25) is 0 Å². The van der Waals surface area contributed by atoms with Crippen LogP contribution in [0.3, 0.4) is 0 Å². The van der Waals surface area contributed by atoms with Gasteiger partial charge in [-0.2, -0.15) is 0 Å². The van der Waals surface area contributed by atoms with Gasteiger partial charge in [-0.05, 0) is 107 Å². The number of para-hydroxylation sites is 2. The Balaban J connectivity index is 0.977. The van der Waals surface area contributed by atoms with Gasteiger partial charge in [0.05, 0.1) is 16.7 Å². The lowest BCUT2D eigenvalue weighted by atomic mass is 9.95. The Kier molecular flexibility index (Phi) is 9.70. The Morgan fingerprint density at radius 1 is 0.531 bits per heavy atom. The Morgan fingerprint density at radius 2 is 1.14 bits per heavy atom. The third-order valence-electron chi connectivity index (χ3n) is 12.4. The minimum absolute atomic E-state index is 0.687. The molecule has 11 aromatic rings. The standard InChI is InChI=1S/C59H44N4O/c1-39-50(49-23-13-15-25-58(49)64-39)38-53(60)42-26-30-47(31-27-42)62(2)55-32-28-44(34-51(55)41-18-8-4-9-19-41)45-29-33-57-52(35-45)48-22-12-14-24-56(48)63(57)59-37-46(40-16-6-3-7-17-40)36-54(61-59)43-20-10-5-11-21-43/h3-38H,60H2,1-2H3/b53-38-. The maximum Gasteiger partial charge on any atom is 0.138 e. The second-order valence-electron chi connectivity index (χ2n) is 16.3. The minimum atomic E-state index is 0.687. The van der Waals surface area contributed by atoms with Crippen molar-refractivity contribution in [1.29, 1.82) is 0 Å². The molecule has 0 bridgehead atoms. The SMILES string of the molecule is Cc1oc2ccccc2c1/C=C(\N)c1ccc(N(C)c2ccc(-c3ccc4c(c3)c3ccccc3n4-c3cc(-c4ccccc4)cc(-c4ccccc4)n3)cc2-c2ccccc2)cc1. The third kappa shape index (κ3) is 6.99. The summed E-state index contributed by atoms with van der Waals surface area (Å²) < 4.78 is 8.31. The molecule has 64 heavy (non-hydrogen) atoms. The van der Waals surface area contributed by atoms with Gasteiger partial charge in [0.1, 0.15) is 17.2 Å². The summed E-state index contributed by atoms with van der Waals surface area (Å²) in [7, 11) is 2.13. The number of fused-ring (bicyclic) bond motifs is 4. The van der Waals surface area contributed by atoms with Crippen molar-refractivity contribution in [3.63, 3.8) is 0 Å². The lowest BCUT2D eigenvalue weighted by Crippen LogP contribution is -2.11. The number of aryl methyl sites for hydroxylation is 1. The van der Waals surface area contributed by atoms with Crippen LogP contribution in [0.5, 0.6) is 0 Å². The van der Waals surface area contributed by atoms with Gasteiger partial charge in [0.25, 0.3) is 0 Å². The number of benzene rings is 8. The zero-order valence-electron chi connectivity index (χ0n) is 35.6. The summed E-state index contributed by atoms with van der Waals surface area (Å²) in [5.74, 6) is 1.73. The summed E-state index contributed by atoms with van der Waals surface area (Å²) in [5, 5.41) is 3.41. The first-order valence-electron chi connectivity index (χ1n) is 21.6. The molecule has 8 aromatic carbocycles. The quantitative estimate of drug-likeness (QED) is 0.157. The molecule has 0 aliphatic carbocycles. The largest absolute Gasteiger partial charge is 0.461 e. The van der Waals surface area contributed by atoms with Crippen molar-refractivity contribution >= 4 is 55.9 Å². The summed E-state index contributed by atoms with van der Waals surface area (Å²) in [5.41, 5.74) is 23.5. The van der Waals surface area contributed by atoms with E-state index >= 15 is 0 Å². The second-order valence-corrected chi connectivity index (χ2v) is 16.3. The number of nitrogens with zero attached hydrogens (tertiary/aromatic N) is 3.